The third-order valence-corrected chi connectivity index (χ3v) is 4.75. The molecule has 0 aromatic heterocycles. The Balaban J connectivity index is 2.39. The normalized spacial score (nSPS) is 24.9. The summed E-state index contributed by atoms with van der Waals surface area (Å²) in [6, 6.07) is -0.254. The SMILES string of the molecule is CC(CC(=O)NC1CCS(=O)(=O)C1)C(N)=S. The van der Waals surface area contributed by atoms with Crippen LogP contribution in [0.1, 0.15) is 19.8 Å². The van der Waals surface area contributed by atoms with Crippen LogP contribution in [-0.4, -0.2) is 36.9 Å². The van der Waals surface area contributed by atoms with Crippen molar-refractivity contribution in [2.75, 3.05) is 11.5 Å². The van der Waals surface area contributed by atoms with Crippen LogP contribution in [0.3, 0.4) is 0 Å². The minimum Gasteiger partial charge on any atom is -0.393 e. The molecular formula is C9H16N2O3S2. The van der Waals surface area contributed by atoms with Crippen LogP contribution in [0.4, 0.5) is 0 Å². The molecule has 1 aliphatic rings. The van der Waals surface area contributed by atoms with Crippen LogP contribution < -0.4 is 11.1 Å². The minimum absolute atomic E-state index is 0.0419. The van der Waals surface area contributed by atoms with Gasteiger partial charge in [0, 0.05) is 18.4 Å². The highest BCUT2D eigenvalue weighted by Crippen LogP contribution is 2.12. The standard InChI is InChI=1S/C9H16N2O3S2/c1-6(9(10)15)4-8(12)11-7-2-3-16(13,14)5-7/h6-7H,2-5H2,1H3,(H2,10,15)(H,11,12). The van der Waals surface area contributed by atoms with Gasteiger partial charge in [-0.3, -0.25) is 4.79 Å². The van der Waals surface area contributed by atoms with Crippen molar-refractivity contribution in [3.05, 3.63) is 0 Å². The number of carbonyl (C=O) groups is 1. The fourth-order valence-electron chi connectivity index (χ4n) is 1.57. The first-order valence-electron chi connectivity index (χ1n) is 5.09. The molecule has 0 aliphatic carbocycles. The Morgan fingerprint density at radius 2 is 2.25 bits per heavy atom. The summed E-state index contributed by atoms with van der Waals surface area (Å²) in [7, 11) is -2.95. The number of rotatable bonds is 4. The quantitative estimate of drug-likeness (QED) is 0.675. The number of hydrogen-bond acceptors (Lipinski definition) is 4. The van der Waals surface area contributed by atoms with Crippen molar-refractivity contribution in [1.29, 1.82) is 0 Å². The molecular weight excluding hydrogens is 248 g/mol. The molecule has 0 spiro atoms. The summed E-state index contributed by atoms with van der Waals surface area (Å²) in [5.41, 5.74) is 5.39. The molecule has 1 saturated heterocycles. The van der Waals surface area contributed by atoms with E-state index in [-0.39, 0.29) is 35.8 Å². The zero-order chi connectivity index (χ0) is 12.3. The predicted molar refractivity (Wildman–Crippen MR) is 65.8 cm³/mol. The van der Waals surface area contributed by atoms with Crippen molar-refractivity contribution in [2.24, 2.45) is 11.7 Å². The molecule has 5 nitrogen and oxygen atoms in total. The summed E-state index contributed by atoms with van der Waals surface area (Å²) in [5, 5.41) is 2.69. The number of nitrogens with two attached hydrogens (primary N) is 1. The summed E-state index contributed by atoms with van der Waals surface area (Å²) in [6.07, 6.45) is 0.710. The highest BCUT2D eigenvalue weighted by atomic mass is 32.2. The van der Waals surface area contributed by atoms with Crippen LogP contribution in [0.2, 0.25) is 0 Å². The van der Waals surface area contributed by atoms with Gasteiger partial charge in [0.15, 0.2) is 9.84 Å². The molecule has 92 valence electrons. The molecule has 0 radical (unpaired) electrons. The van der Waals surface area contributed by atoms with Gasteiger partial charge in [0.05, 0.1) is 16.5 Å². The number of thiocarbonyl (C=S) groups is 1. The number of amides is 1. The molecule has 2 atom stereocenters. The van der Waals surface area contributed by atoms with E-state index in [4.69, 9.17) is 18.0 Å². The minimum atomic E-state index is -2.95. The molecule has 1 aliphatic heterocycles. The summed E-state index contributed by atoms with van der Waals surface area (Å²) in [4.78, 5) is 11.8. The summed E-state index contributed by atoms with van der Waals surface area (Å²) < 4.78 is 22.3. The third kappa shape index (κ3) is 4.05. The first-order chi connectivity index (χ1) is 7.30. The van der Waals surface area contributed by atoms with Crippen LogP contribution in [-0.2, 0) is 14.6 Å². The maximum Gasteiger partial charge on any atom is 0.220 e. The second-order valence-corrected chi connectivity index (χ2v) is 6.88. The Bertz CT molecular complexity index is 392. The van der Waals surface area contributed by atoms with E-state index in [1.165, 1.54) is 0 Å². The van der Waals surface area contributed by atoms with Gasteiger partial charge in [-0.05, 0) is 6.42 Å². The van der Waals surface area contributed by atoms with Crippen LogP contribution in [0.25, 0.3) is 0 Å². The van der Waals surface area contributed by atoms with E-state index in [1.807, 2.05) is 0 Å². The van der Waals surface area contributed by atoms with Crippen LogP contribution in [0, 0.1) is 5.92 Å². The maximum absolute atomic E-state index is 11.5. The first kappa shape index (κ1) is 13.4. The average molecular weight is 264 g/mol. The van der Waals surface area contributed by atoms with Gasteiger partial charge in [-0.2, -0.15) is 0 Å². The van der Waals surface area contributed by atoms with Crippen molar-refractivity contribution < 1.29 is 13.2 Å². The highest BCUT2D eigenvalue weighted by Gasteiger charge is 2.29. The van der Waals surface area contributed by atoms with Gasteiger partial charge < -0.3 is 11.1 Å². The van der Waals surface area contributed by atoms with Crippen molar-refractivity contribution in [3.63, 3.8) is 0 Å². The Hall–Kier alpha value is -0.690. The van der Waals surface area contributed by atoms with E-state index in [2.05, 4.69) is 5.32 Å². The molecule has 0 aromatic rings. The van der Waals surface area contributed by atoms with E-state index < -0.39 is 9.84 Å². The van der Waals surface area contributed by atoms with E-state index in [0.717, 1.165) is 0 Å². The lowest BCUT2D eigenvalue weighted by Gasteiger charge is -2.13. The molecule has 1 fully saturated rings. The second kappa shape index (κ2) is 5.09. The number of carbonyl (C=O) groups excluding carboxylic acids is 1. The molecule has 1 amide bonds. The van der Waals surface area contributed by atoms with Crippen LogP contribution >= 0.6 is 12.2 Å². The van der Waals surface area contributed by atoms with Gasteiger partial charge >= 0.3 is 0 Å². The van der Waals surface area contributed by atoms with E-state index in [1.54, 1.807) is 6.92 Å². The number of nitrogens with one attached hydrogen (secondary N) is 1. The van der Waals surface area contributed by atoms with Crippen LogP contribution in [0.15, 0.2) is 0 Å². The predicted octanol–water partition coefficient (Wildman–Crippen LogP) is -0.398. The molecule has 0 aromatic carbocycles. The molecule has 1 rings (SSSR count). The number of sulfone groups is 1. The Morgan fingerprint density at radius 3 is 2.69 bits per heavy atom. The van der Waals surface area contributed by atoms with Crippen molar-refractivity contribution in [2.45, 2.75) is 25.8 Å². The van der Waals surface area contributed by atoms with Gasteiger partial charge in [-0.15, -0.1) is 0 Å². The lowest BCUT2D eigenvalue weighted by Crippen LogP contribution is -2.37. The molecule has 7 heteroatoms. The summed E-state index contributed by atoms with van der Waals surface area (Å²) >= 11 is 4.76. The smallest absolute Gasteiger partial charge is 0.220 e. The largest absolute Gasteiger partial charge is 0.393 e. The van der Waals surface area contributed by atoms with E-state index >= 15 is 0 Å². The molecule has 2 unspecified atom stereocenters. The van der Waals surface area contributed by atoms with Gasteiger partial charge in [-0.1, -0.05) is 19.1 Å². The fourth-order valence-corrected chi connectivity index (χ4v) is 3.33. The van der Waals surface area contributed by atoms with E-state index in [0.29, 0.717) is 11.4 Å². The first-order valence-corrected chi connectivity index (χ1v) is 7.32. The summed E-state index contributed by atoms with van der Waals surface area (Å²) in [6.45, 7) is 1.77. The van der Waals surface area contributed by atoms with E-state index in [9.17, 15) is 13.2 Å². The molecule has 16 heavy (non-hydrogen) atoms. The molecule has 0 saturated carbocycles. The fraction of sp³-hybridized carbons (Fsp3) is 0.778. The van der Waals surface area contributed by atoms with Crippen molar-refractivity contribution >= 4 is 33.0 Å². The molecule has 1 heterocycles. The Morgan fingerprint density at radius 1 is 1.62 bits per heavy atom. The molecule has 3 N–H and O–H groups in total. The van der Waals surface area contributed by atoms with Gasteiger partial charge in [-0.25, -0.2) is 8.42 Å². The zero-order valence-corrected chi connectivity index (χ0v) is 10.7. The van der Waals surface area contributed by atoms with Gasteiger partial charge in [0.2, 0.25) is 5.91 Å². The summed E-state index contributed by atoms with van der Waals surface area (Å²) in [5.74, 6) is -0.154. The maximum atomic E-state index is 11.5. The lowest BCUT2D eigenvalue weighted by molar-refractivity contribution is -0.122. The monoisotopic (exact) mass is 264 g/mol. The average Bonchev–Trinajstić information content (AvgIpc) is 2.44. The number of hydrogen-bond donors (Lipinski definition) is 2. The second-order valence-electron chi connectivity index (χ2n) is 4.18. The lowest BCUT2D eigenvalue weighted by atomic mass is 10.1. The van der Waals surface area contributed by atoms with Crippen LogP contribution in [0.5, 0.6) is 0 Å². The van der Waals surface area contributed by atoms with Crippen molar-refractivity contribution in [3.8, 4) is 0 Å². The topological polar surface area (TPSA) is 89.3 Å². The van der Waals surface area contributed by atoms with Gasteiger partial charge in [0.1, 0.15) is 0 Å². The molecule has 0 bridgehead atoms. The van der Waals surface area contributed by atoms with Gasteiger partial charge in [0.25, 0.3) is 0 Å². The third-order valence-electron chi connectivity index (χ3n) is 2.57. The Labute approximate surface area is 101 Å². The van der Waals surface area contributed by atoms with Crippen molar-refractivity contribution in [1.82, 2.24) is 5.32 Å². The Kier molecular flexibility index (Phi) is 4.26. The highest BCUT2D eigenvalue weighted by molar-refractivity contribution is 7.91. The zero-order valence-electron chi connectivity index (χ0n) is 9.10.